The summed E-state index contributed by atoms with van der Waals surface area (Å²) in [4.78, 5) is 16.9. The first-order valence-electron chi connectivity index (χ1n) is 8.54. The van der Waals surface area contributed by atoms with E-state index < -0.39 is 0 Å². The summed E-state index contributed by atoms with van der Waals surface area (Å²) in [7, 11) is 1.67. The van der Waals surface area contributed by atoms with E-state index in [4.69, 9.17) is 4.74 Å². The van der Waals surface area contributed by atoms with Crippen molar-refractivity contribution in [2.75, 3.05) is 43.5 Å². The van der Waals surface area contributed by atoms with E-state index in [1.807, 2.05) is 41.3 Å². The van der Waals surface area contributed by atoms with Crippen molar-refractivity contribution in [3.8, 4) is 5.75 Å². The highest BCUT2D eigenvalue weighted by atomic mass is 79.9. The predicted molar refractivity (Wildman–Crippen MR) is 105 cm³/mol. The van der Waals surface area contributed by atoms with Gasteiger partial charge in [0.05, 0.1) is 7.11 Å². The zero-order valence-corrected chi connectivity index (χ0v) is 16.0. The minimum absolute atomic E-state index is 0.125. The zero-order valence-electron chi connectivity index (χ0n) is 14.5. The van der Waals surface area contributed by atoms with Crippen LogP contribution in [0.1, 0.15) is 15.9 Å². The molecule has 25 heavy (non-hydrogen) atoms. The number of halogens is 1. The van der Waals surface area contributed by atoms with Crippen molar-refractivity contribution in [1.29, 1.82) is 0 Å². The van der Waals surface area contributed by atoms with Gasteiger partial charge in [0.25, 0.3) is 5.91 Å². The Bertz CT molecular complexity index is 693. The Hall–Kier alpha value is -2.01. The van der Waals surface area contributed by atoms with Crippen LogP contribution in [0.5, 0.6) is 5.75 Å². The smallest absolute Gasteiger partial charge is 0.253 e. The quantitative estimate of drug-likeness (QED) is 0.716. The summed E-state index contributed by atoms with van der Waals surface area (Å²) in [6, 6.07) is 16.1. The topological polar surface area (TPSA) is 32.8 Å². The second kappa shape index (κ2) is 8.39. The number of anilines is 1. The summed E-state index contributed by atoms with van der Waals surface area (Å²) in [5, 5.41) is 0.938. The molecular weight excluding hydrogens is 380 g/mol. The highest BCUT2D eigenvalue weighted by Crippen LogP contribution is 2.21. The van der Waals surface area contributed by atoms with Crippen LogP contribution in [0.3, 0.4) is 0 Å². The van der Waals surface area contributed by atoms with Gasteiger partial charge in [0.1, 0.15) is 5.75 Å². The molecule has 5 heteroatoms. The Morgan fingerprint density at radius 2 is 1.64 bits per heavy atom. The summed E-state index contributed by atoms with van der Waals surface area (Å²) in [5.41, 5.74) is 3.20. The second-order valence-electron chi connectivity index (χ2n) is 6.11. The van der Waals surface area contributed by atoms with E-state index in [-0.39, 0.29) is 5.91 Å². The van der Waals surface area contributed by atoms with Crippen molar-refractivity contribution in [2.24, 2.45) is 0 Å². The van der Waals surface area contributed by atoms with Crippen LogP contribution in [0.4, 0.5) is 5.69 Å². The number of hydrogen-bond donors (Lipinski definition) is 0. The van der Waals surface area contributed by atoms with Gasteiger partial charge in [-0.05, 0) is 48.4 Å². The van der Waals surface area contributed by atoms with Crippen LogP contribution in [-0.2, 0) is 6.42 Å². The lowest BCUT2D eigenvalue weighted by Gasteiger charge is -2.36. The number of amides is 1. The zero-order chi connectivity index (χ0) is 17.6. The molecule has 1 aliphatic rings. The van der Waals surface area contributed by atoms with E-state index in [0.29, 0.717) is 0 Å². The number of rotatable bonds is 5. The number of benzene rings is 2. The Balaban J connectivity index is 1.58. The van der Waals surface area contributed by atoms with Crippen LogP contribution in [0, 0.1) is 0 Å². The number of nitrogens with zero attached hydrogens (tertiary/aromatic N) is 2. The molecule has 0 aliphatic carbocycles. The van der Waals surface area contributed by atoms with Crippen molar-refractivity contribution in [3.63, 3.8) is 0 Å². The minimum atomic E-state index is 0.125. The van der Waals surface area contributed by atoms with Crippen molar-refractivity contribution in [2.45, 2.75) is 6.42 Å². The summed E-state index contributed by atoms with van der Waals surface area (Å²) in [6.07, 6.45) is 0.981. The van der Waals surface area contributed by atoms with Gasteiger partial charge in [0.2, 0.25) is 0 Å². The van der Waals surface area contributed by atoms with Gasteiger partial charge >= 0.3 is 0 Å². The van der Waals surface area contributed by atoms with Crippen molar-refractivity contribution in [1.82, 2.24) is 4.90 Å². The maximum Gasteiger partial charge on any atom is 0.253 e. The van der Waals surface area contributed by atoms with Crippen LogP contribution in [0.15, 0.2) is 48.5 Å². The van der Waals surface area contributed by atoms with E-state index in [1.54, 1.807) is 7.11 Å². The first-order valence-corrected chi connectivity index (χ1v) is 9.66. The highest BCUT2D eigenvalue weighted by molar-refractivity contribution is 9.09. The van der Waals surface area contributed by atoms with E-state index in [2.05, 4.69) is 33.0 Å². The molecule has 1 aliphatic heterocycles. The first kappa shape index (κ1) is 17.8. The Morgan fingerprint density at radius 1 is 1.00 bits per heavy atom. The fourth-order valence-electron chi connectivity index (χ4n) is 3.07. The second-order valence-corrected chi connectivity index (χ2v) is 6.91. The molecule has 0 unspecified atom stereocenters. The van der Waals surface area contributed by atoms with E-state index in [0.717, 1.165) is 49.2 Å². The molecule has 0 N–H and O–H groups in total. The number of ether oxygens (including phenoxy) is 1. The summed E-state index contributed by atoms with van der Waals surface area (Å²) in [6.45, 7) is 3.18. The number of piperazine rings is 1. The van der Waals surface area contributed by atoms with Gasteiger partial charge in [-0.25, -0.2) is 0 Å². The van der Waals surface area contributed by atoms with Crippen molar-refractivity contribution < 1.29 is 9.53 Å². The van der Waals surface area contributed by atoms with Crippen LogP contribution < -0.4 is 9.64 Å². The fraction of sp³-hybridized carbons (Fsp3) is 0.350. The molecule has 132 valence electrons. The Morgan fingerprint density at radius 3 is 2.20 bits per heavy atom. The number of aryl methyl sites for hydroxylation is 1. The minimum Gasteiger partial charge on any atom is -0.497 e. The standard InChI is InChI=1S/C20H23BrN2O2/c1-25-19-8-6-18(7-9-19)22-12-14-23(15-13-22)20(24)17-4-2-16(3-5-17)10-11-21/h2-9H,10-15H2,1H3. The molecule has 0 radical (unpaired) electrons. The van der Waals surface area contributed by atoms with Crippen molar-refractivity contribution in [3.05, 3.63) is 59.7 Å². The van der Waals surface area contributed by atoms with Gasteiger partial charge in [-0.15, -0.1) is 0 Å². The molecule has 2 aromatic carbocycles. The largest absolute Gasteiger partial charge is 0.497 e. The maximum atomic E-state index is 12.7. The number of carbonyl (C=O) groups is 1. The average molecular weight is 403 g/mol. The summed E-state index contributed by atoms with van der Waals surface area (Å²) in [5.74, 6) is 0.987. The number of methoxy groups -OCH3 is 1. The normalized spacial score (nSPS) is 14.5. The molecule has 0 bridgehead atoms. The van der Waals surface area contributed by atoms with Gasteiger partial charge in [-0.2, -0.15) is 0 Å². The molecule has 0 saturated carbocycles. The molecule has 4 nitrogen and oxygen atoms in total. The van der Waals surface area contributed by atoms with Crippen LogP contribution in [-0.4, -0.2) is 49.4 Å². The average Bonchev–Trinajstić information content (AvgIpc) is 2.68. The van der Waals surface area contributed by atoms with E-state index in [9.17, 15) is 4.79 Å². The Labute approximate surface area is 157 Å². The number of alkyl halides is 1. The third-order valence-corrected chi connectivity index (χ3v) is 4.99. The first-order chi connectivity index (χ1) is 12.2. The van der Waals surface area contributed by atoms with Crippen molar-refractivity contribution >= 4 is 27.5 Å². The van der Waals surface area contributed by atoms with Gasteiger partial charge in [-0.1, -0.05) is 28.1 Å². The summed E-state index contributed by atoms with van der Waals surface area (Å²) < 4.78 is 5.20. The highest BCUT2D eigenvalue weighted by Gasteiger charge is 2.22. The molecule has 0 atom stereocenters. The Kier molecular flexibility index (Phi) is 5.97. The lowest BCUT2D eigenvalue weighted by molar-refractivity contribution is 0.0747. The maximum absolute atomic E-state index is 12.7. The lowest BCUT2D eigenvalue weighted by atomic mass is 10.1. The van der Waals surface area contributed by atoms with Gasteiger partial charge < -0.3 is 14.5 Å². The summed E-state index contributed by atoms with van der Waals surface area (Å²) >= 11 is 3.44. The van der Waals surface area contributed by atoms with Crippen LogP contribution in [0.2, 0.25) is 0 Å². The molecule has 1 saturated heterocycles. The molecule has 2 aromatic rings. The molecule has 1 heterocycles. The third-order valence-electron chi connectivity index (χ3n) is 4.59. The molecule has 1 fully saturated rings. The monoisotopic (exact) mass is 402 g/mol. The molecule has 0 spiro atoms. The third kappa shape index (κ3) is 4.34. The number of carbonyl (C=O) groups excluding carboxylic acids is 1. The van der Waals surface area contributed by atoms with Crippen LogP contribution in [0.25, 0.3) is 0 Å². The number of hydrogen-bond acceptors (Lipinski definition) is 3. The van der Waals surface area contributed by atoms with Gasteiger partial charge in [-0.3, -0.25) is 4.79 Å². The SMILES string of the molecule is COc1ccc(N2CCN(C(=O)c3ccc(CCBr)cc3)CC2)cc1. The van der Waals surface area contributed by atoms with E-state index >= 15 is 0 Å². The molecule has 3 rings (SSSR count). The van der Waals surface area contributed by atoms with Gasteiger partial charge in [0, 0.05) is 42.8 Å². The van der Waals surface area contributed by atoms with Crippen LogP contribution >= 0.6 is 15.9 Å². The molecule has 1 amide bonds. The van der Waals surface area contributed by atoms with E-state index in [1.165, 1.54) is 11.3 Å². The molecular formula is C20H23BrN2O2. The molecule has 0 aromatic heterocycles. The fourth-order valence-corrected chi connectivity index (χ4v) is 3.52. The lowest BCUT2D eigenvalue weighted by Crippen LogP contribution is -2.48. The predicted octanol–water partition coefficient (Wildman–Crippen LogP) is 3.60. The van der Waals surface area contributed by atoms with Gasteiger partial charge in [0.15, 0.2) is 0 Å².